The monoisotopic (exact) mass is 311 g/mol. The molecule has 1 fully saturated rings. The number of carbonyl (C=O) groups is 2. The number of carbonyl (C=O) groups excluding carboxylic acids is 2. The molecule has 6 heteroatoms. The van der Waals surface area contributed by atoms with Crippen molar-refractivity contribution in [2.75, 3.05) is 35.7 Å². The molecule has 0 atom stereocenters. The maximum absolute atomic E-state index is 12.2. The first-order valence-electron chi connectivity index (χ1n) is 7.28. The van der Waals surface area contributed by atoms with Crippen LogP contribution in [0.25, 0.3) is 0 Å². The first kappa shape index (κ1) is 15.1. The smallest absolute Gasteiger partial charge is 0.255 e. The highest BCUT2D eigenvalue weighted by Gasteiger charge is 2.19. The van der Waals surface area contributed by atoms with Crippen molar-refractivity contribution in [2.24, 2.45) is 0 Å². The molecule has 0 bridgehead atoms. The molecule has 3 rings (SSSR count). The molecule has 118 valence electrons. The number of rotatable bonds is 3. The molecule has 1 heterocycles. The van der Waals surface area contributed by atoms with Gasteiger partial charge in [0, 0.05) is 29.2 Å². The lowest BCUT2D eigenvalue weighted by molar-refractivity contribution is -0.125. The van der Waals surface area contributed by atoms with E-state index in [1.807, 2.05) is 0 Å². The number of hydrogen-bond acceptors (Lipinski definition) is 4. The van der Waals surface area contributed by atoms with E-state index in [9.17, 15) is 9.59 Å². The van der Waals surface area contributed by atoms with E-state index in [4.69, 9.17) is 10.5 Å². The van der Waals surface area contributed by atoms with E-state index in [1.54, 1.807) is 53.4 Å². The summed E-state index contributed by atoms with van der Waals surface area (Å²) >= 11 is 0. The summed E-state index contributed by atoms with van der Waals surface area (Å²) in [6, 6.07) is 13.9. The standard InChI is InChI=1S/C17H17N3O3/c18-13-3-1-2-12(10-13)17(22)19-14-4-6-15(7-5-14)20-8-9-23-11-16(20)21/h1-7,10H,8-9,11,18H2,(H,19,22). The number of benzene rings is 2. The van der Waals surface area contributed by atoms with Gasteiger partial charge in [0.1, 0.15) is 6.61 Å². The van der Waals surface area contributed by atoms with Crippen molar-refractivity contribution in [3.05, 3.63) is 54.1 Å². The minimum absolute atomic E-state index is 0.0622. The van der Waals surface area contributed by atoms with E-state index in [-0.39, 0.29) is 18.4 Å². The van der Waals surface area contributed by atoms with Gasteiger partial charge >= 0.3 is 0 Å². The number of hydrogen-bond donors (Lipinski definition) is 2. The molecule has 0 radical (unpaired) electrons. The Bertz CT molecular complexity index is 728. The van der Waals surface area contributed by atoms with Crippen LogP contribution in [0.1, 0.15) is 10.4 Å². The van der Waals surface area contributed by atoms with Crippen LogP contribution in [0.2, 0.25) is 0 Å². The highest BCUT2D eigenvalue weighted by Crippen LogP contribution is 2.20. The van der Waals surface area contributed by atoms with Gasteiger partial charge in [-0.05, 0) is 42.5 Å². The lowest BCUT2D eigenvalue weighted by atomic mass is 10.2. The summed E-state index contributed by atoms with van der Waals surface area (Å²) in [5.74, 6) is -0.291. The van der Waals surface area contributed by atoms with Crippen molar-refractivity contribution in [2.45, 2.75) is 0 Å². The average Bonchev–Trinajstić information content (AvgIpc) is 2.56. The van der Waals surface area contributed by atoms with Gasteiger partial charge in [0.25, 0.3) is 11.8 Å². The van der Waals surface area contributed by atoms with Crippen LogP contribution in [0.3, 0.4) is 0 Å². The molecular weight excluding hydrogens is 294 g/mol. The number of nitrogens with zero attached hydrogens (tertiary/aromatic N) is 1. The predicted molar refractivity (Wildman–Crippen MR) is 88.4 cm³/mol. The number of morpholine rings is 1. The lowest BCUT2D eigenvalue weighted by Crippen LogP contribution is -2.41. The maximum Gasteiger partial charge on any atom is 0.255 e. The third-order valence-corrected chi connectivity index (χ3v) is 3.57. The zero-order valence-corrected chi connectivity index (χ0v) is 12.5. The molecule has 23 heavy (non-hydrogen) atoms. The predicted octanol–water partition coefficient (Wildman–Crippen LogP) is 1.88. The molecule has 1 saturated heterocycles. The molecule has 0 aliphatic carbocycles. The zero-order chi connectivity index (χ0) is 16.2. The Morgan fingerprint density at radius 1 is 1.17 bits per heavy atom. The summed E-state index contributed by atoms with van der Waals surface area (Å²) in [7, 11) is 0. The molecule has 6 nitrogen and oxygen atoms in total. The Labute approximate surface area is 133 Å². The van der Waals surface area contributed by atoms with Crippen molar-refractivity contribution in [1.29, 1.82) is 0 Å². The van der Waals surface area contributed by atoms with Gasteiger partial charge in [-0.1, -0.05) is 6.07 Å². The van der Waals surface area contributed by atoms with Crippen LogP contribution in [0.5, 0.6) is 0 Å². The summed E-state index contributed by atoms with van der Waals surface area (Å²) in [4.78, 5) is 25.6. The summed E-state index contributed by atoms with van der Waals surface area (Å²) in [5, 5.41) is 2.80. The summed E-state index contributed by atoms with van der Waals surface area (Å²) in [5.41, 5.74) is 8.16. The fraction of sp³-hybridized carbons (Fsp3) is 0.176. The zero-order valence-electron chi connectivity index (χ0n) is 12.5. The highest BCUT2D eigenvalue weighted by molar-refractivity contribution is 6.05. The first-order chi connectivity index (χ1) is 11.1. The quantitative estimate of drug-likeness (QED) is 0.848. The minimum atomic E-state index is -0.229. The van der Waals surface area contributed by atoms with Gasteiger partial charge in [-0.2, -0.15) is 0 Å². The van der Waals surface area contributed by atoms with Crippen molar-refractivity contribution in [1.82, 2.24) is 0 Å². The van der Waals surface area contributed by atoms with Crippen LogP contribution >= 0.6 is 0 Å². The van der Waals surface area contributed by atoms with Gasteiger partial charge in [0.15, 0.2) is 0 Å². The normalized spacial score (nSPS) is 14.6. The Morgan fingerprint density at radius 2 is 1.96 bits per heavy atom. The summed E-state index contributed by atoms with van der Waals surface area (Å²) in [6.07, 6.45) is 0. The number of nitrogens with one attached hydrogen (secondary N) is 1. The number of amides is 2. The summed E-state index contributed by atoms with van der Waals surface area (Å²) in [6.45, 7) is 1.17. The third kappa shape index (κ3) is 3.49. The van der Waals surface area contributed by atoms with Crippen molar-refractivity contribution >= 4 is 28.9 Å². The van der Waals surface area contributed by atoms with Crippen LogP contribution in [0.15, 0.2) is 48.5 Å². The molecule has 2 amide bonds. The molecule has 2 aromatic rings. The number of nitrogen functional groups attached to an aromatic ring is 1. The highest BCUT2D eigenvalue weighted by atomic mass is 16.5. The second kappa shape index (κ2) is 6.50. The van der Waals surface area contributed by atoms with Crippen LogP contribution in [0.4, 0.5) is 17.1 Å². The Morgan fingerprint density at radius 3 is 2.65 bits per heavy atom. The van der Waals surface area contributed by atoms with Crippen LogP contribution in [0, 0.1) is 0 Å². The van der Waals surface area contributed by atoms with E-state index < -0.39 is 0 Å². The molecule has 3 N–H and O–H groups in total. The van der Waals surface area contributed by atoms with E-state index in [0.29, 0.717) is 30.1 Å². The van der Waals surface area contributed by atoms with Crippen molar-refractivity contribution < 1.29 is 14.3 Å². The van der Waals surface area contributed by atoms with Gasteiger partial charge in [-0.25, -0.2) is 0 Å². The molecular formula is C17H17N3O3. The van der Waals surface area contributed by atoms with Crippen LogP contribution in [-0.4, -0.2) is 31.6 Å². The molecule has 0 aromatic heterocycles. The fourth-order valence-electron chi connectivity index (χ4n) is 2.40. The van der Waals surface area contributed by atoms with Gasteiger partial charge in [-0.3, -0.25) is 9.59 Å². The largest absolute Gasteiger partial charge is 0.399 e. The van der Waals surface area contributed by atoms with Crippen LogP contribution in [-0.2, 0) is 9.53 Å². The van der Waals surface area contributed by atoms with Crippen molar-refractivity contribution in [3.63, 3.8) is 0 Å². The minimum Gasteiger partial charge on any atom is -0.399 e. The fourth-order valence-corrected chi connectivity index (χ4v) is 2.40. The first-order valence-corrected chi connectivity index (χ1v) is 7.28. The molecule has 1 aliphatic rings. The van der Waals surface area contributed by atoms with Crippen LogP contribution < -0.4 is 16.0 Å². The topological polar surface area (TPSA) is 84.7 Å². The van der Waals surface area contributed by atoms with Crippen molar-refractivity contribution in [3.8, 4) is 0 Å². The molecule has 0 spiro atoms. The molecule has 0 saturated carbocycles. The molecule has 1 aliphatic heterocycles. The summed E-state index contributed by atoms with van der Waals surface area (Å²) < 4.78 is 5.11. The van der Waals surface area contributed by atoms with E-state index in [0.717, 1.165) is 5.69 Å². The average molecular weight is 311 g/mol. The van der Waals surface area contributed by atoms with E-state index in [1.165, 1.54) is 0 Å². The SMILES string of the molecule is Nc1cccc(C(=O)Nc2ccc(N3CCOCC3=O)cc2)c1. The van der Waals surface area contributed by atoms with E-state index in [2.05, 4.69) is 5.32 Å². The Balaban J connectivity index is 1.70. The second-order valence-corrected chi connectivity index (χ2v) is 5.22. The number of nitrogens with two attached hydrogens (primary N) is 1. The maximum atomic E-state index is 12.2. The van der Waals surface area contributed by atoms with E-state index >= 15 is 0 Å². The Kier molecular flexibility index (Phi) is 4.25. The van der Waals surface area contributed by atoms with Gasteiger partial charge < -0.3 is 20.7 Å². The Hall–Kier alpha value is -2.86. The number of ether oxygens (including phenoxy) is 1. The van der Waals surface area contributed by atoms with Gasteiger partial charge in [0.2, 0.25) is 0 Å². The molecule has 2 aromatic carbocycles. The molecule has 0 unspecified atom stereocenters. The number of anilines is 3. The second-order valence-electron chi connectivity index (χ2n) is 5.22. The van der Waals surface area contributed by atoms with Gasteiger partial charge in [-0.15, -0.1) is 0 Å². The van der Waals surface area contributed by atoms with Gasteiger partial charge in [0.05, 0.1) is 6.61 Å². The third-order valence-electron chi connectivity index (χ3n) is 3.57. The lowest BCUT2D eigenvalue weighted by Gasteiger charge is -2.26.